The molecule has 0 spiro atoms. The third-order valence-corrected chi connectivity index (χ3v) is 5.54. The zero-order valence-electron chi connectivity index (χ0n) is 12.6. The Kier molecular flexibility index (Phi) is 4.86. The summed E-state index contributed by atoms with van der Waals surface area (Å²) in [6.45, 7) is 2.22. The van der Waals surface area contributed by atoms with Crippen LogP contribution in [0.3, 0.4) is 0 Å². The highest BCUT2D eigenvalue weighted by atomic mass is 32.2. The van der Waals surface area contributed by atoms with Crippen LogP contribution in [-0.4, -0.2) is 36.0 Å². The molecule has 1 atom stereocenters. The summed E-state index contributed by atoms with van der Waals surface area (Å²) in [6, 6.07) is 0. The molecule has 1 aromatic rings. The lowest BCUT2D eigenvalue weighted by Crippen LogP contribution is -2.30. The van der Waals surface area contributed by atoms with E-state index in [0.29, 0.717) is 30.8 Å². The zero-order valence-corrected chi connectivity index (χ0v) is 13.4. The van der Waals surface area contributed by atoms with E-state index < -0.39 is 27.1 Å². The average Bonchev–Trinajstić information content (AvgIpc) is 2.77. The van der Waals surface area contributed by atoms with Crippen LogP contribution in [0, 0.1) is 0 Å². The lowest BCUT2D eigenvalue weighted by molar-refractivity contribution is -0.147. The molecule has 0 amide bonds. The number of alkyl halides is 3. The Morgan fingerprint density at radius 2 is 2.05 bits per heavy atom. The van der Waals surface area contributed by atoms with Gasteiger partial charge in [0.05, 0.1) is 10.9 Å². The minimum atomic E-state index is -4.47. The first kappa shape index (κ1) is 17.3. The second-order valence-corrected chi connectivity index (χ2v) is 8.17. The number of nitrogens with zero attached hydrogens (tertiary/aromatic N) is 2. The van der Waals surface area contributed by atoms with Gasteiger partial charge >= 0.3 is 6.18 Å². The van der Waals surface area contributed by atoms with E-state index in [0.717, 1.165) is 12.7 Å². The van der Waals surface area contributed by atoms with Crippen molar-refractivity contribution in [1.82, 2.24) is 14.9 Å². The van der Waals surface area contributed by atoms with Gasteiger partial charge in [-0.1, -0.05) is 0 Å². The fourth-order valence-corrected chi connectivity index (χ4v) is 2.94. The fourth-order valence-electron chi connectivity index (χ4n) is 2.52. The smallest absolute Gasteiger partial charge is 0.324 e. The molecule has 0 saturated heterocycles. The summed E-state index contributed by atoms with van der Waals surface area (Å²) in [5, 5.41) is 2.31. The number of imidazole rings is 1. The first-order valence-electron chi connectivity index (χ1n) is 7.15. The fraction of sp³-hybridized carbons (Fsp3) is 0.769. The van der Waals surface area contributed by atoms with Crippen LogP contribution in [0.25, 0.3) is 0 Å². The quantitative estimate of drug-likeness (QED) is 0.888. The molecular weight excluding hydrogens is 319 g/mol. The third-order valence-electron chi connectivity index (χ3n) is 3.91. The molecule has 1 unspecified atom stereocenters. The van der Waals surface area contributed by atoms with Crippen LogP contribution >= 0.6 is 0 Å². The molecule has 9 heteroatoms. The monoisotopic (exact) mass is 339 g/mol. The Bertz CT molecular complexity index is 638. The first-order valence-corrected chi connectivity index (χ1v) is 9.11. The summed E-state index contributed by atoms with van der Waals surface area (Å²) in [4.78, 5) is 3.75. The summed E-state index contributed by atoms with van der Waals surface area (Å²) >= 11 is 0. The Morgan fingerprint density at radius 3 is 2.64 bits per heavy atom. The summed E-state index contributed by atoms with van der Waals surface area (Å²) in [5.74, 6) is -0.852. The number of hydrogen-bond donors (Lipinski definition) is 1. The number of fused-ring (bicyclic) bond motifs is 1. The minimum Gasteiger partial charge on any atom is -0.324 e. The van der Waals surface area contributed by atoms with Gasteiger partial charge in [-0.25, -0.2) is 13.4 Å². The molecule has 0 saturated carbocycles. The van der Waals surface area contributed by atoms with Crippen LogP contribution in [0.5, 0.6) is 0 Å². The maximum Gasteiger partial charge on any atom is 0.449 e. The number of halogens is 3. The molecule has 1 aliphatic heterocycles. The number of nitrogens with one attached hydrogen (secondary N) is 1. The van der Waals surface area contributed by atoms with Gasteiger partial charge in [0.15, 0.2) is 9.84 Å². The Labute approximate surface area is 127 Å². The molecule has 0 fully saturated rings. The molecule has 0 aromatic carbocycles. The van der Waals surface area contributed by atoms with Crippen molar-refractivity contribution in [3.8, 4) is 0 Å². The first-order chi connectivity index (χ1) is 10.1. The van der Waals surface area contributed by atoms with Gasteiger partial charge in [-0.15, -0.1) is 0 Å². The average molecular weight is 339 g/mol. The lowest BCUT2D eigenvalue weighted by atomic mass is 10.1. The number of hydrogen-bond acceptors (Lipinski definition) is 4. The topological polar surface area (TPSA) is 64.0 Å². The summed E-state index contributed by atoms with van der Waals surface area (Å²) in [6.07, 6.45) is -1.20. The molecule has 126 valence electrons. The maximum atomic E-state index is 13.0. The van der Waals surface area contributed by atoms with Crippen molar-refractivity contribution < 1.29 is 21.6 Å². The minimum absolute atomic E-state index is 0.144. The van der Waals surface area contributed by atoms with Crippen molar-refractivity contribution in [1.29, 1.82) is 0 Å². The molecule has 1 N–H and O–H groups in total. The van der Waals surface area contributed by atoms with Crippen molar-refractivity contribution in [2.75, 3.05) is 12.8 Å². The molecule has 0 aliphatic carbocycles. The second kappa shape index (κ2) is 6.19. The normalized spacial score (nSPS) is 17.3. The van der Waals surface area contributed by atoms with Gasteiger partial charge in [0.25, 0.3) is 0 Å². The molecule has 2 heterocycles. The molecule has 0 radical (unpaired) electrons. The second-order valence-electron chi connectivity index (χ2n) is 5.71. The van der Waals surface area contributed by atoms with Gasteiger partial charge in [0.1, 0.15) is 0 Å². The van der Waals surface area contributed by atoms with Crippen molar-refractivity contribution in [3.05, 3.63) is 17.2 Å². The predicted molar refractivity (Wildman–Crippen MR) is 76.2 cm³/mol. The van der Waals surface area contributed by atoms with E-state index in [2.05, 4.69) is 10.3 Å². The maximum absolute atomic E-state index is 13.0. The highest BCUT2D eigenvalue weighted by Gasteiger charge is 2.39. The summed E-state index contributed by atoms with van der Waals surface area (Å²) in [7, 11) is -3.16. The zero-order chi connectivity index (χ0) is 16.5. The van der Waals surface area contributed by atoms with E-state index in [1.54, 1.807) is 6.92 Å². The highest BCUT2D eigenvalue weighted by Crippen LogP contribution is 2.32. The van der Waals surface area contributed by atoms with Gasteiger partial charge in [-0.2, -0.15) is 13.2 Å². The predicted octanol–water partition coefficient (Wildman–Crippen LogP) is 1.76. The van der Waals surface area contributed by atoms with E-state index >= 15 is 0 Å². The summed E-state index contributed by atoms with van der Waals surface area (Å²) < 4.78 is 63.0. The molecule has 0 bridgehead atoms. The summed E-state index contributed by atoms with van der Waals surface area (Å²) in [5.41, 5.74) is 0.978. The van der Waals surface area contributed by atoms with Crippen molar-refractivity contribution >= 4 is 9.84 Å². The Hall–Kier alpha value is -1.09. The van der Waals surface area contributed by atoms with Crippen LogP contribution in [0.2, 0.25) is 0 Å². The van der Waals surface area contributed by atoms with Gasteiger partial charge in [-0.05, 0) is 26.2 Å². The molecule has 5 nitrogen and oxygen atoms in total. The van der Waals surface area contributed by atoms with Crippen LogP contribution in [-0.2, 0) is 35.5 Å². The van der Waals surface area contributed by atoms with Crippen LogP contribution in [0.1, 0.15) is 37.0 Å². The van der Waals surface area contributed by atoms with Crippen LogP contribution < -0.4 is 5.32 Å². The van der Waals surface area contributed by atoms with E-state index in [-0.39, 0.29) is 13.1 Å². The van der Waals surface area contributed by atoms with Gasteiger partial charge < -0.3 is 9.88 Å². The van der Waals surface area contributed by atoms with E-state index in [1.807, 2.05) is 0 Å². The standard InChI is InChI=1S/C13H20F3N3O2S/c1-9(22(2,20)21)7-17-8-10-11-5-3-4-6-19(11)12(18-10)13(14,15)16/h9,17H,3-8H2,1-2H3. The molecule has 1 aliphatic rings. The third kappa shape index (κ3) is 3.81. The van der Waals surface area contributed by atoms with E-state index in [1.165, 1.54) is 4.57 Å². The van der Waals surface area contributed by atoms with Crippen LogP contribution in [0.15, 0.2) is 0 Å². The van der Waals surface area contributed by atoms with Crippen molar-refractivity contribution in [3.63, 3.8) is 0 Å². The Morgan fingerprint density at radius 1 is 1.36 bits per heavy atom. The molecular formula is C13H20F3N3O2S. The van der Waals surface area contributed by atoms with Crippen LogP contribution in [0.4, 0.5) is 13.2 Å². The molecule has 2 rings (SSSR count). The SMILES string of the molecule is CC(CNCc1nc(C(F)(F)F)n2c1CCCC2)S(C)(=O)=O. The Balaban J connectivity index is 2.13. The van der Waals surface area contributed by atoms with Crippen molar-refractivity contribution in [2.24, 2.45) is 0 Å². The highest BCUT2D eigenvalue weighted by molar-refractivity contribution is 7.91. The molecule has 22 heavy (non-hydrogen) atoms. The lowest BCUT2D eigenvalue weighted by Gasteiger charge is -2.18. The van der Waals surface area contributed by atoms with E-state index in [9.17, 15) is 21.6 Å². The van der Waals surface area contributed by atoms with E-state index in [4.69, 9.17) is 0 Å². The number of rotatable bonds is 5. The number of sulfone groups is 1. The van der Waals surface area contributed by atoms with Gasteiger partial charge in [-0.3, -0.25) is 0 Å². The van der Waals surface area contributed by atoms with Gasteiger partial charge in [0.2, 0.25) is 5.82 Å². The number of aromatic nitrogens is 2. The largest absolute Gasteiger partial charge is 0.449 e. The van der Waals surface area contributed by atoms with Crippen molar-refractivity contribution in [2.45, 2.75) is 50.7 Å². The van der Waals surface area contributed by atoms with Gasteiger partial charge in [0, 0.05) is 31.6 Å². The molecule has 1 aromatic heterocycles.